The summed E-state index contributed by atoms with van der Waals surface area (Å²) in [5, 5.41) is 11.2. The van der Waals surface area contributed by atoms with Crippen molar-refractivity contribution in [3.05, 3.63) is 60.2 Å². The third-order valence-electron chi connectivity index (χ3n) is 3.44. The number of rotatable bonds is 2. The van der Waals surface area contributed by atoms with Crippen molar-refractivity contribution in [2.75, 3.05) is 7.05 Å². The van der Waals surface area contributed by atoms with Crippen molar-refractivity contribution in [3.8, 4) is 11.1 Å². The fourth-order valence-corrected chi connectivity index (χ4v) is 2.00. The van der Waals surface area contributed by atoms with Crippen molar-refractivity contribution >= 4 is 11.7 Å². The van der Waals surface area contributed by atoms with Gasteiger partial charge in [0.25, 0.3) is 0 Å². The molecule has 2 N–H and O–H groups in total. The predicted molar refractivity (Wildman–Crippen MR) is 94.7 cm³/mol. The third-order valence-corrected chi connectivity index (χ3v) is 3.44. The fourth-order valence-electron chi connectivity index (χ4n) is 2.00. The lowest BCUT2D eigenvalue weighted by molar-refractivity contribution is 0.581. The molecule has 0 spiro atoms. The zero-order valence-corrected chi connectivity index (χ0v) is 13.6. The number of aliphatic imine (C=N–C) groups is 1. The van der Waals surface area contributed by atoms with Gasteiger partial charge in [-0.1, -0.05) is 75.4 Å². The minimum absolute atomic E-state index is 0.258. The molecular weight excluding hydrogens is 270 g/mol. The Bertz CT molecular complexity index is 662. The quantitative estimate of drug-likeness (QED) is 0.628. The first-order valence-electron chi connectivity index (χ1n) is 7.43. The molecule has 3 heteroatoms. The van der Waals surface area contributed by atoms with Gasteiger partial charge in [0.1, 0.15) is 11.7 Å². The maximum Gasteiger partial charge on any atom is 0.135 e. The van der Waals surface area contributed by atoms with E-state index in [1.807, 2.05) is 58.2 Å². The van der Waals surface area contributed by atoms with E-state index in [4.69, 9.17) is 5.41 Å². The van der Waals surface area contributed by atoms with Crippen LogP contribution >= 0.6 is 0 Å². The number of hydrogen-bond acceptors (Lipinski definition) is 1. The number of amidine groups is 2. The minimum atomic E-state index is -0.258. The Balaban J connectivity index is 2.29. The van der Waals surface area contributed by atoms with Gasteiger partial charge in [0, 0.05) is 18.0 Å². The van der Waals surface area contributed by atoms with Gasteiger partial charge in [-0.2, -0.15) is 0 Å². The van der Waals surface area contributed by atoms with Crippen molar-refractivity contribution < 1.29 is 0 Å². The summed E-state index contributed by atoms with van der Waals surface area (Å²) in [7, 11) is 1.83. The first-order valence-corrected chi connectivity index (χ1v) is 7.43. The Morgan fingerprint density at radius 3 is 1.95 bits per heavy atom. The average molecular weight is 293 g/mol. The highest BCUT2D eigenvalue weighted by Gasteiger charge is 2.17. The van der Waals surface area contributed by atoms with Crippen molar-refractivity contribution in [1.82, 2.24) is 5.32 Å². The van der Waals surface area contributed by atoms with Crippen molar-refractivity contribution in [2.24, 2.45) is 10.4 Å². The second-order valence-electron chi connectivity index (χ2n) is 6.25. The summed E-state index contributed by atoms with van der Waals surface area (Å²) < 4.78 is 0. The number of nitrogens with one attached hydrogen (secondary N) is 2. The molecule has 0 saturated carbocycles. The third kappa shape index (κ3) is 3.82. The normalized spacial score (nSPS) is 12.1. The predicted octanol–water partition coefficient (Wildman–Crippen LogP) is 4.34. The number of hydrogen-bond donors (Lipinski definition) is 2. The Morgan fingerprint density at radius 2 is 1.45 bits per heavy atom. The van der Waals surface area contributed by atoms with Crippen LogP contribution in [0.5, 0.6) is 0 Å². The topological polar surface area (TPSA) is 48.2 Å². The van der Waals surface area contributed by atoms with Crippen LogP contribution in [0, 0.1) is 10.8 Å². The van der Waals surface area contributed by atoms with Gasteiger partial charge in [0.05, 0.1) is 0 Å². The molecule has 0 radical (unpaired) electrons. The van der Waals surface area contributed by atoms with Gasteiger partial charge in [0.2, 0.25) is 0 Å². The molecule has 0 bridgehead atoms. The molecule has 114 valence electrons. The van der Waals surface area contributed by atoms with E-state index in [0.29, 0.717) is 5.84 Å². The van der Waals surface area contributed by atoms with E-state index in [1.54, 1.807) is 0 Å². The number of nitrogens with zero attached hydrogens (tertiary/aromatic N) is 1. The van der Waals surface area contributed by atoms with Gasteiger partial charge in [-0.15, -0.1) is 0 Å². The van der Waals surface area contributed by atoms with Crippen LogP contribution in [-0.4, -0.2) is 18.7 Å². The second kappa shape index (κ2) is 6.56. The lowest BCUT2D eigenvalue weighted by atomic mass is 9.95. The van der Waals surface area contributed by atoms with Crippen LogP contribution in [-0.2, 0) is 0 Å². The summed E-state index contributed by atoms with van der Waals surface area (Å²) >= 11 is 0. The van der Waals surface area contributed by atoms with Crippen LogP contribution in [0.3, 0.4) is 0 Å². The maximum atomic E-state index is 8.07. The Labute approximate surface area is 132 Å². The summed E-state index contributed by atoms with van der Waals surface area (Å²) in [6, 6.07) is 18.5. The molecule has 2 aromatic rings. The van der Waals surface area contributed by atoms with Crippen LogP contribution in [0.1, 0.15) is 26.3 Å². The van der Waals surface area contributed by atoms with E-state index in [-0.39, 0.29) is 5.41 Å². The summed E-state index contributed by atoms with van der Waals surface area (Å²) in [6.07, 6.45) is 0. The first-order chi connectivity index (χ1) is 10.4. The van der Waals surface area contributed by atoms with Gasteiger partial charge in [-0.05, 0) is 11.1 Å². The molecule has 0 saturated heterocycles. The highest BCUT2D eigenvalue weighted by Crippen LogP contribution is 2.20. The summed E-state index contributed by atoms with van der Waals surface area (Å²) in [5.41, 5.74) is 3.09. The molecule has 0 unspecified atom stereocenters. The highest BCUT2D eigenvalue weighted by molar-refractivity contribution is 6.06. The van der Waals surface area contributed by atoms with E-state index >= 15 is 0 Å². The van der Waals surface area contributed by atoms with Gasteiger partial charge in [-0.25, -0.2) is 4.99 Å². The van der Waals surface area contributed by atoms with Crippen molar-refractivity contribution in [1.29, 1.82) is 5.41 Å². The van der Waals surface area contributed by atoms with Crippen LogP contribution in [0.15, 0.2) is 59.6 Å². The standard InChI is InChI=1S/C19H23N3/c1-19(2,3)18(20)22-17(21-4)16-12-10-15(11-13-16)14-8-6-5-7-9-14/h5-13H,1-4H3,(H2,20,21,22). The van der Waals surface area contributed by atoms with Gasteiger partial charge in [-0.3, -0.25) is 5.41 Å². The lowest BCUT2D eigenvalue weighted by Gasteiger charge is -2.17. The molecule has 0 aliphatic rings. The van der Waals surface area contributed by atoms with Gasteiger partial charge in [0.15, 0.2) is 0 Å². The van der Waals surface area contributed by atoms with E-state index < -0.39 is 0 Å². The molecular formula is C19H23N3. The van der Waals surface area contributed by atoms with E-state index in [9.17, 15) is 0 Å². The number of benzene rings is 2. The Kier molecular flexibility index (Phi) is 4.76. The molecule has 2 aromatic carbocycles. The van der Waals surface area contributed by atoms with E-state index in [0.717, 1.165) is 11.4 Å². The van der Waals surface area contributed by atoms with Gasteiger partial charge < -0.3 is 5.32 Å². The monoisotopic (exact) mass is 293 g/mol. The Morgan fingerprint density at radius 1 is 0.909 bits per heavy atom. The SMILES string of the molecule is CN/C(=N\C(=N)C(C)(C)C)c1ccc(-c2ccccc2)cc1. The molecule has 0 aromatic heterocycles. The van der Waals surface area contributed by atoms with Crippen molar-refractivity contribution in [3.63, 3.8) is 0 Å². The van der Waals surface area contributed by atoms with Crippen LogP contribution in [0.2, 0.25) is 0 Å². The minimum Gasteiger partial charge on any atom is -0.373 e. The summed E-state index contributed by atoms with van der Waals surface area (Å²) in [6.45, 7) is 5.97. The zero-order chi connectivity index (χ0) is 16.2. The summed E-state index contributed by atoms with van der Waals surface area (Å²) in [5.74, 6) is 1.09. The van der Waals surface area contributed by atoms with Crippen LogP contribution < -0.4 is 5.32 Å². The van der Waals surface area contributed by atoms with Crippen LogP contribution in [0.4, 0.5) is 0 Å². The van der Waals surface area contributed by atoms with Gasteiger partial charge >= 0.3 is 0 Å². The molecule has 0 heterocycles. The van der Waals surface area contributed by atoms with E-state index in [2.05, 4.69) is 34.6 Å². The molecule has 22 heavy (non-hydrogen) atoms. The largest absolute Gasteiger partial charge is 0.373 e. The lowest BCUT2D eigenvalue weighted by Crippen LogP contribution is -2.25. The highest BCUT2D eigenvalue weighted by atomic mass is 15.0. The zero-order valence-electron chi connectivity index (χ0n) is 13.6. The molecule has 0 aliphatic carbocycles. The molecule has 3 nitrogen and oxygen atoms in total. The fraction of sp³-hybridized carbons (Fsp3) is 0.263. The van der Waals surface area contributed by atoms with E-state index in [1.165, 1.54) is 11.1 Å². The molecule has 0 fully saturated rings. The Hall–Kier alpha value is -2.42. The molecule has 0 amide bonds. The first kappa shape index (κ1) is 16.0. The molecule has 0 aliphatic heterocycles. The molecule has 2 rings (SSSR count). The maximum absolute atomic E-state index is 8.07. The average Bonchev–Trinajstić information content (AvgIpc) is 2.52. The smallest absolute Gasteiger partial charge is 0.135 e. The molecule has 0 atom stereocenters. The van der Waals surface area contributed by atoms with Crippen molar-refractivity contribution in [2.45, 2.75) is 20.8 Å². The van der Waals surface area contributed by atoms with Crippen LogP contribution in [0.25, 0.3) is 11.1 Å². The summed E-state index contributed by atoms with van der Waals surface area (Å²) in [4.78, 5) is 4.43. The second-order valence-corrected chi connectivity index (χ2v) is 6.25.